The zero-order chi connectivity index (χ0) is 17.5. The summed E-state index contributed by atoms with van der Waals surface area (Å²) in [6.07, 6.45) is 2.38. The lowest BCUT2D eigenvalue weighted by atomic mass is 9.96. The van der Waals surface area contributed by atoms with Crippen LogP contribution in [0.25, 0.3) is 0 Å². The third-order valence-electron chi connectivity index (χ3n) is 5.29. The van der Waals surface area contributed by atoms with E-state index in [2.05, 4.69) is 47.2 Å². The first-order valence-corrected chi connectivity index (χ1v) is 9.51. The van der Waals surface area contributed by atoms with Crippen LogP contribution in [0.3, 0.4) is 0 Å². The molecule has 138 valence electrons. The van der Waals surface area contributed by atoms with Gasteiger partial charge in [0.2, 0.25) is 5.91 Å². The molecule has 0 saturated carbocycles. The number of piperidine rings is 1. The summed E-state index contributed by atoms with van der Waals surface area (Å²) < 4.78 is 5.32. The van der Waals surface area contributed by atoms with Gasteiger partial charge in [0.15, 0.2) is 0 Å². The Balaban J connectivity index is 1.36. The molecule has 0 aromatic heterocycles. The van der Waals surface area contributed by atoms with Crippen molar-refractivity contribution in [1.82, 2.24) is 14.7 Å². The van der Waals surface area contributed by atoms with Crippen molar-refractivity contribution in [3.63, 3.8) is 0 Å². The van der Waals surface area contributed by atoms with Crippen molar-refractivity contribution < 1.29 is 9.53 Å². The van der Waals surface area contributed by atoms with Gasteiger partial charge in [-0.3, -0.25) is 9.69 Å². The zero-order valence-electron chi connectivity index (χ0n) is 15.4. The van der Waals surface area contributed by atoms with Crippen molar-refractivity contribution in [2.24, 2.45) is 5.92 Å². The van der Waals surface area contributed by atoms with Crippen LogP contribution in [0.5, 0.6) is 0 Å². The Bertz CT molecular complexity index is 523. The molecule has 0 N–H and O–H groups in total. The smallest absolute Gasteiger partial charge is 0.236 e. The van der Waals surface area contributed by atoms with E-state index in [4.69, 9.17) is 4.74 Å². The third-order valence-corrected chi connectivity index (χ3v) is 5.29. The van der Waals surface area contributed by atoms with Gasteiger partial charge in [0, 0.05) is 26.2 Å². The lowest BCUT2D eigenvalue weighted by molar-refractivity contribution is -0.136. The van der Waals surface area contributed by atoms with Gasteiger partial charge in [-0.25, -0.2) is 0 Å². The van der Waals surface area contributed by atoms with Crippen LogP contribution in [0.1, 0.15) is 18.4 Å². The van der Waals surface area contributed by atoms with Crippen molar-refractivity contribution in [2.45, 2.75) is 19.4 Å². The van der Waals surface area contributed by atoms with E-state index < -0.39 is 0 Å². The molecule has 1 aromatic rings. The number of hydrogen-bond acceptors (Lipinski definition) is 4. The maximum atomic E-state index is 12.3. The van der Waals surface area contributed by atoms with Gasteiger partial charge in [-0.2, -0.15) is 0 Å². The molecule has 1 aromatic carbocycles. The van der Waals surface area contributed by atoms with Crippen molar-refractivity contribution in [2.75, 3.05) is 59.5 Å². The minimum Gasteiger partial charge on any atom is -0.378 e. The highest BCUT2D eigenvalue weighted by molar-refractivity contribution is 5.78. The summed E-state index contributed by atoms with van der Waals surface area (Å²) in [5.74, 6) is 1.01. The molecule has 0 atom stereocenters. The van der Waals surface area contributed by atoms with E-state index in [1.165, 1.54) is 18.4 Å². The summed E-state index contributed by atoms with van der Waals surface area (Å²) in [4.78, 5) is 19.0. The van der Waals surface area contributed by atoms with Gasteiger partial charge < -0.3 is 14.5 Å². The van der Waals surface area contributed by atoms with E-state index in [0.29, 0.717) is 19.8 Å². The second kappa shape index (κ2) is 9.32. The van der Waals surface area contributed by atoms with Crippen LogP contribution in [0.4, 0.5) is 0 Å². The minimum absolute atomic E-state index is 0.267. The minimum atomic E-state index is 0.267. The summed E-state index contributed by atoms with van der Waals surface area (Å²) >= 11 is 0. The van der Waals surface area contributed by atoms with E-state index >= 15 is 0 Å². The first-order valence-electron chi connectivity index (χ1n) is 9.51. The first-order chi connectivity index (χ1) is 12.2. The highest BCUT2D eigenvalue weighted by Crippen LogP contribution is 2.19. The van der Waals surface area contributed by atoms with E-state index in [1.54, 1.807) is 0 Å². The summed E-state index contributed by atoms with van der Waals surface area (Å²) in [6, 6.07) is 10.7. The molecule has 0 aliphatic carbocycles. The first kappa shape index (κ1) is 18.4. The molecule has 25 heavy (non-hydrogen) atoms. The number of ether oxygens (including phenoxy) is 1. The zero-order valence-corrected chi connectivity index (χ0v) is 15.4. The van der Waals surface area contributed by atoms with Crippen molar-refractivity contribution >= 4 is 5.91 Å². The van der Waals surface area contributed by atoms with Crippen LogP contribution in [0.2, 0.25) is 0 Å². The van der Waals surface area contributed by atoms with Gasteiger partial charge in [0.25, 0.3) is 0 Å². The summed E-state index contributed by atoms with van der Waals surface area (Å²) in [7, 11) is 2.21. The van der Waals surface area contributed by atoms with Crippen LogP contribution in [-0.4, -0.2) is 80.1 Å². The molecule has 2 heterocycles. The quantitative estimate of drug-likeness (QED) is 0.786. The second-order valence-corrected chi connectivity index (χ2v) is 7.40. The molecule has 5 heteroatoms. The number of amides is 1. The topological polar surface area (TPSA) is 36.0 Å². The normalized spacial score (nSPS) is 20.2. The van der Waals surface area contributed by atoms with Crippen molar-refractivity contribution in [3.05, 3.63) is 35.9 Å². The second-order valence-electron chi connectivity index (χ2n) is 7.40. The molecule has 2 fully saturated rings. The van der Waals surface area contributed by atoms with Crippen molar-refractivity contribution in [3.8, 4) is 0 Å². The molecule has 2 aliphatic heterocycles. The van der Waals surface area contributed by atoms with Crippen LogP contribution < -0.4 is 0 Å². The number of nitrogens with zero attached hydrogens (tertiary/aromatic N) is 3. The van der Waals surface area contributed by atoms with Crippen molar-refractivity contribution in [1.29, 1.82) is 0 Å². The number of carbonyl (C=O) groups excluding carboxylic acids is 1. The molecule has 5 nitrogen and oxygen atoms in total. The Kier molecular flexibility index (Phi) is 6.84. The summed E-state index contributed by atoms with van der Waals surface area (Å²) in [5, 5.41) is 0. The Morgan fingerprint density at radius 1 is 1.12 bits per heavy atom. The number of morpholine rings is 1. The lowest BCUT2D eigenvalue weighted by Crippen LogP contribution is -2.47. The van der Waals surface area contributed by atoms with E-state index in [1.807, 2.05) is 4.90 Å². The fourth-order valence-electron chi connectivity index (χ4n) is 3.83. The molecule has 0 bridgehead atoms. The molecular formula is C20H31N3O2. The lowest BCUT2D eigenvalue weighted by Gasteiger charge is -2.35. The average Bonchev–Trinajstić information content (AvgIpc) is 2.65. The van der Waals surface area contributed by atoms with E-state index in [-0.39, 0.29) is 5.91 Å². The molecule has 0 radical (unpaired) electrons. The standard InChI is InChI=1S/C20H31N3O2/c1-21(15-18-5-3-2-4-6-18)16-19-7-9-22(10-8-19)17-20(24)23-11-13-25-14-12-23/h2-6,19H,7-17H2,1H3. The van der Waals surface area contributed by atoms with Gasteiger partial charge in [-0.15, -0.1) is 0 Å². The Hall–Kier alpha value is -1.43. The predicted octanol–water partition coefficient (Wildman–Crippen LogP) is 1.69. The maximum absolute atomic E-state index is 12.3. The van der Waals surface area contributed by atoms with Crippen LogP contribution in [0.15, 0.2) is 30.3 Å². The third kappa shape index (κ3) is 5.80. The van der Waals surface area contributed by atoms with Gasteiger partial charge in [0.05, 0.1) is 19.8 Å². The molecule has 2 aliphatic rings. The SMILES string of the molecule is CN(Cc1ccccc1)CC1CCN(CC(=O)N2CCOCC2)CC1. The largest absolute Gasteiger partial charge is 0.378 e. The van der Waals surface area contributed by atoms with Gasteiger partial charge >= 0.3 is 0 Å². The Morgan fingerprint density at radius 3 is 2.48 bits per heavy atom. The molecule has 1 amide bonds. The molecule has 0 spiro atoms. The number of carbonyl (C=O) groups is 1. The molecule has 3 rings (SSSR count). The highest BCUT2D eigenvalue weighted by atomic mass is 16.5. The fraction of sp³-hybridized carbons (Fsp3) is 0.650. The molecule has 2 saturated heterocycles. The summed E-state index contributed by atoms with van der Waals surface area (Å²) in [6.45, 7) is 7.67. The van der Waals surface area contributed by atoms with Crippen LogP contribution >= 0.6 is 0 Å². The van der Waals surface area contributed by atoms with Crippen LogP contribution in [-0.2, 0) is 16.1 Å². The highest BCUT2D eigenvalue weighted by Gasteiger charge is 2.24. The number of rotatable bonds is 6. The molecular weight excluding hydrogens is 314 g/mol. The fourth-order valence-corrected chi connectivity index (χ4v) is 3.83. The number of benzene rings is 1. The Morgan fingerprint density at radius 2 is 1.80 bits per heavy atom. The number of likely N-dealkylation sites (tertiary alicyclic amines) is 1. The number of hydrogen-bond donors (Lipinski definition) is 0. The predicted molar refractivity (Wildman–Crippen MR) is 99.3 cm³/mol. The Labute approximate surface area is 151 Å². The maximum Gasteiger partial charge on any atom is 0.236 e. The van der Waals surface area contributed by atoms with E-state index in [0.717, 1.165) is 45.2 Å². The van der Waals surface area contributed by atoms with Gasteiger partial charge in [-0.1, -0.05) is 30.3 Å². The summed E-state index contributed by atoms with van der Waals surface area (Å²) in [5.41, 5.74) is 1.37. The monoisotopic (exact) mass is 345 g/mol. The van der Waals surface area contributed by atoms with Gasteiger partial charge in [0.1, 0.15) is 0 Å². The van der Waals surface area contributed by atoms with Gasteiger partial charge in [-0.05, 0) is 44.5 Å². The molecule has 0 unspecified atom stereocenters. The average molecular weight is 345 g/mol. The van der Waals surface area contributed by atoms with Crippen LogP contribution in [0, 0.1) is 5.92 Å². The van der Waals surface area contributed by atoms with E-state index in [9.17, 15) is 4.79 Å².